The van der Waals surface area contributed by atoms with Crippen LogP contribution in [-0.2, 0) is 17.7 Å². The first kappa shape index (κ1) is 11.4. The SMILES string of the molecule is NCc1nc(-c2ccc(CC3COC3)cc2)no1. The molecule has 5 heteroatoms. The number of nitrogens with two attached hydrogens (primary N) is 1. The van der Waals surface area contributed by atoms with E-state index in [2.05, 4.69) is 22.3 Å². The summed E-state index contributed by atoms with van der Waals surface area (Å²) in [5.74, 6) is 1.72. The Bertz CT molecular complexity index is 517. The van der Waals surface area contributed by atoms with E-state index in [1.165, 1.54) is 5.56 Å². The number of hydrogen-bond donors (Lipinski definition) is 1. The van der Waals surface area contributed by atoms with Gasteiger partial charge < -0.3 is 15.0 Å². The second-order valence-corrected chi connectivity index (χ2v) is 4.52. The van der Waals surface area contributed by atoms with Gasteiger partial charge in [-0.25, -0.2) is 0 Å². The standard InChI is InChI=1S/C13H15N3O2/c14-6-12-15-13(16-18-12)11-3-1-9(2-4-11)5-10-7-17-8-10/h1-4,10H,5-8,14H2. The molecule has 0 atom stereocenters. The number of aromatic nitrogens is 2. The highest BCUT2D eigenvalue weighted by Gasteiger charge is 2.18. The molecule has 2 N–H and O–H groups in total. The number of benzene rings is 1. The van der Waals surface area contributed by atoms with Crippen LogP contribution in [0, 0.1) is 5.92 Å². The molecule has 2 heterocycles. The van der Waals surface area contributed by atoms with Crippen molar-refractivity contribution in [2.24, 2.45) is 11.7 Å². The molecule has 94 valence electrons. The smallest absolute Gasteiger partial charge is 0.240 e. The van der Waals surface area contributed by atoms with Gasteiger partial charge >= 0.3 is 0 Å². The molecule has 0 bridgehead atoms. The second kappa shape index (κ2) is 4.88. The molecule has 1 fully saturated rings. The van der Waals surface area contributed by atoms with Crippen LogP contribution >= 0.6 is 0 Å². The van der Waals surface area contributed by atoms with E-state index in [-0.39, 0.29) is 6.54 Å². The van der Waals surface area contributed by atoms with Crippen molar-refractivity contribution in [1.82, 2.24) is 10.1 Å². The number of ether oxygens (including phenoxy) is 1. The molecule has 1 aromatic heterocycles. The Kier molecular flexibility index (Phi) is 3.08. The topological polar surface area (TPSA) is 74.2 Å². The third-order valence-electron chi connectivity index (χ3n) is 3.09. The molecule has 0 spiro atoms. The van der Waals surface area contributed by atoms with Gasteiger partial charge in [0, 0.05) is 11.5 Å². The highest BCUT2D eigenvalue weighted by atomic mass is 16.5. The molecular formula is C13H15N3O2. The third kappa shape index (κ3) is 2.27. The maximum Gasteiger partial charge on any atom is 0.240 e. The van der Waals surface area contributed by atoms with Gasteiger partial charge in [-0.3, -0.25) is 0 Å². The van der Waals surface area contributed by atoms with E-state index < -0.39 is 0 Å². The van der Waals surface area contributed by atoms with Gasteiger partial charge in [0.05, 0.1) is 19.8 Å². The minimum Gasteiger partial charge on any atom is -0.381 e. The Morgan fingerprint density at radius 2 is 2.00 bits per heavy atom. The molecular weight excluding hydrogens is 230 g/mol. The average Bonchev–Trinajstić information content (AvgIpc) is 2.83. The predicted molar refractivity (Wildman–Crippen MR) is 65.6 cm³/mol. The fourth-order valence-corrected chi connectivity index (χ4v) is 1.98. The summed E-state index contributed by atoms with van der Waals surface area (Å²) in [6.07, 6.45) is 1.07. The quantitative estimate of drug-likeness (QED) is 0.881. The summed E-state index contributed by atoms with van der Waals surface area (Å²) >= 11 is 0. The van der Waals surface area contributed by atoms with Crippen molar-refractivity contribution in [1.29, 1.82) is 0 Å². The van der Waals surface area contributed by atoms with Crippen LogP contribution in [-0.4, -0.2) is 23.4 Å². The Hall–Kier alpha value is -1.72. The zero-order chi connectivity index (χ0) is 12.4. The monoisotopic (exact) mass is 245 g/mol. The number of hydrogen-bond acceptors (Lipinski definition) is 5. The van der Waals surface area contributed by atoms with Crippen molar-refractivity contribution in [3.05, 3.63) is 35.7 Å². The molecule has 1 aliphatic heterocycles. The van der Waals surface area contributed by atoms with E-state index in [4.69, 9.17) is 15.0 Å². The van der Waals surface area contributed by atoms with Crippen molar-refractivity contribution in [2.45, 2.75) is 13.0 Å². The van der Waals surface area contributed by atoms with Crippen molar-refractivity contribution >= 4 is 0 Å². The minimum absolute atomic E-state index is 0.271. The fraction of sp³-hybridized carbons (Fsp3) is 0.385. The lowest BCUT2D eigenvalue weighted by atomic mass is 9.97. The highest BCUT2D eigenvalue weighted by molar-refractivity contribution is 5.54. The second-order valence-electron chi connectivity index (χ2n) is 4.52. The van der Waals surface area contributed by atoms with E-state index in [1.54, 1.807) is 0 Å². The van der Waals surface area contributed by atoms with Crippen molar-refractivity contribution < 1.29 is 9.26 Å². The van der Waals surface area contributed by atoms with E-state index >= 15 is 0 Å². The molecule has 3 rings (SSSR count). The lowest BCUT2D eigenvalue weighted by Gasteiger charge is -2.25. The van der Waals surface area contributed by atoms with Crippen LogP contribution < -0.4 is 5.73 Å². The maximum absolute atomic E-state index is 5.43. The molecule has 1 aromatic carbocycles. The number of nitrogens with zero attached hydrogens (tertiary/aromatic N) is 2. The van der Waals surface area contributed by atoms with Crippen LogP contribution in [0.3, 0.4) is 0 Å². The van der Waals surface area contributed by atoms with Crippen LogP contribution in [0.2, 0.25) is 0 Å². The van der Waals surface area contributed by atoms with E-state index in [0.29, 0.717) is 17.6 Å². The zero-order valence-corrected chi connectivity index (χ0v) is 10.0. The van der Waals surface area contributed by atoms with Crippen molar-refractivity contribution in [3.8, 4) is 11.4 Å². The molecule has 0 amide bonds. The van der Waals surface area contributed by atoms with Crippen LogP contribution in [0.1, 0.15) is 11.5 Å². The van der Waals surface area contributed by atoms with Gasteiger partial charge in [0.2, 0.25) is 11.7 Å². The summed E-state index contributed by atoms with van der Waals surface area (Å²) < 4.78 is 10.2. The first-order chi connectivity index (χ1) is 8.85. The van der Waals surface area contributed by atoms with Gasteiger partial charge in [-0.05, 0) is 12.0 Å². The summed E-state index contributed by atoms with van der Waals surface area (Å²) in [5, 5.41) is 3.89. The molecule has 5 nitrogen and oxygen atoms in total. The Balaban J connectivity index is 1.73. The highest BCUT2D eigenvalue weighted by Crippen LogP contribution is 2.20. The Morgan fingerprint density at radius 1 is 1.22 bits per heavy atom. The van der Waals surface area contributed by atoms with Crippen LogP contribution in [0.15, 0.2) is 28.8 Å². The molecule has 0 saturated carbocycles. The van der Waals surface area contributed by atoms with Crippen LogP contribution in [0.25, 0.3) is 11.4 Å². The van der Waals surface area contributed by atoms with Gasteiger partial charge in [0.15, 0.2) is 0 Å². The largest absolute Gasteiger partial charge is 0.381 e. The summed E-state index contributed by atoms with van der Waals surface area (Å²) in [6.45, 7) is 2.03. The molecule has 1 saturated heterocycles. The van der Waals surface area contributed by atoms with E-state index in [0.717, 1.165) is 25.2 Å². The van der Waals surface area contributed by atoms with Crippen molar-refractivity contribution in [3.63, 3.8) is 0 Å². The Labute approximate surface area is 105 Å². The van der Waals surface area contributed by atoms with Crippen LogP contribution in [0.4, 0.5) is 0 Å². The van der Waals surface area contributed by atoms with Gasteiger partial charge in [0.25, 0.3) is 0 Å². The molecule has 0 unspecified atom stereocenters. The molecule has 0 aliphatic carbocycles. The minimum atomic E-state index is 0.271. The Morgan fingerprint density at radius 3 is 2.56 bits per heavy atom. The first-order valence-corrected chi connectivity index (χ1v) is 6.05. The summed E-state index contributed by atoms with van der Waals surface area (Å²) in [4.78, 5) is 4.19. The van der Waals surface area contributed by atoms with Gasteiger partial charge in [-0.1, -0.05) is 29.4 Å². The predicted octanol–water partition coefficient (Wildman–Crippen LogP) is 1.38. The van der Waals surface area contributed by atoms with Gasteiger partial charge in [0.1, 0.15) is 0 Å². The number of rotatable bonds is 4. The maximum atomic E-state index is 5.43. The van der Waals surface area contributed by atoms with Gasteiger partial charge in [-0.15, -0.1) is 0 Å². The van der Waals surface area contributed by atoms with Crippen molar-refractivity contribution in [2.75, 3.05) is 13.2 Å². The summed E-state index contributed by atoms with van der Waals surface area (Å²) in [5.41, 5.74) is 7.70. The van der Waals surface area contributed by atoms with Gasteiger partial charge in [-0.2, -0.15) is 4.98 Å². The zero-order valence-electron chi connectivity index (χ0n) is 10.0. The molecule has 0 radical (unpaired) electrons. The molecule has 18 heavy (non-hydrogen) atoms. The molecule has 2 aromatic rings. The molecule has 1 aliphatic rings. The first-order valence-electron chi connectivity index (χ1n) is 6.05. The van der Waals surface area contributed by atoms with E-state index in [1.807, 2.05) is 12.1 Å². The van der Waals surface area contributed by atoms with Crippen LogP contribution in [0.5, 0.6) is 0 Å². The summed E-state index contributed by atoms with van der Waals surface area (Å²) in [6, 6.07) is 8.23. The average molecular weight is 245 g/mol. The third-order valence-corrected chi connectivity index (χ3v) is 3.09. The summed E-state index contributed by atoms with van der Waals surface area (Å²) in [7, 11) is 0. The lowest BCUT2D eigenvalue weighted by molar-refractivity contribution is -0.0312. The fourth-order valence-electron chi connectivity index (χ4n) is 1.98. The lowest BCUT2D eigenvalue weighted by Crippen LogP contribution is -2.29. The van der Waals surface area contributed by atoms with E-state index in [9.17, 15) is 0 Å². The normalized spacial score (nSPS) is 15.6.